The van der Waals surface area contributed by atoms with Gasteiger partial charge in [-0.2, -0.15) is 0 Å². The maximum absolute atomic E-state index is 13.2. The van der Waals surface area contributed by atoms with Crippen molar-refractivity contribution < 1.29 is 4.39 Å². The number of nitrogens with two attached hydrogens (primary N) is 1. The summed E-state index contributed by atoms with van der Waals surface area (Å²) in [4.78, 5) is 0. The Morgan fingerprint density at radius 2 is 2.00 bits per heavy atom. The van der Waals surface area contributed by atoms with Crippen LogP contribution in [0.5, 0.6) is 0 Å². The van der Waals surface area contributed by atoms with Crippen LogP contribution >= 0.6 is 27.5 Å². The van der Waals surface area contributed by atoms with Crippen LogP contribution < -0.4 is 5.73 Å². The van der Waals surface area contributed by atoms with Crippen LogP contribution in [0.4, 0.5) is 4.39 Å². The van der Waals surface area contributed by atoms with Crippen molar-refractivity contribution in [3.05, 3.63) is 68.4 Å². The lowest BCUT2D eigenvalue weighted by molar-refractivity contribution is 0.618. The van der Waals surface area contributed by atoms with Crippen molar-refractivity contribution in [3.8, 4) is 0 Å². The molecule has 0 heterocycles. The molecule has 100 valence electrons. The van der Waals surface area contributed by atoms with Gasteiger partial charge in [0.25, 0.3) is 0 Å². The minimum atomic E-state index is -0.264. The highest BCUT2D eigenvalue weighted by atomic mass is 79.9. The molecule has 0 fully saturated rings. The lowest BCUT2D eigenvalue weighted by Gasteiger charge is -2.14. The predicted octanol–water partition coefficient (Wildman–Crippen LogP) is 4.79. The second kappa shape index (κ2) is 6.04. The molecule has 0 amide bonds. The van der Waals surface area contributed by atoms with Gasteiger partial charge in [-0.05, 0) is 64.2 Å². The van der Waals surface area contributed by atoms with Crippen molar-refractivity contribution in [1.82, 2.24) is 0 Å². The maximum Gasteiger partial charge on any atom is 0.137 e. The largest absolute Gasteiger partial charge is 0.324 e. The first-order chi connectivity index (χ1) is 8.97. The Hall–Kier alpha value is -0.900. The highest BCUT2D eigenvalue weighted by Gasteiger charge is 2.10. The standard InChI is InChI=1S/C15H14BrClFN/c1-9-6-11(3-4-13(9)17)15(19)8-10-2-5-14(18)12(16)7-10/h2-7,15H,8,19H2,1H3. The maximum atomic E-state index is 13.2. The minimum absolute atomic E-state index is 0.131. The van der Waals surface area contributed by atoms with E-state index in [-0.39, 0.29) is 11.9 Å². The zero-order valence-electron chi connectivity index (χ0n) is 10.5. The van der Waals surface area contributed by atoms with Crippen molar-refractivity contribution >= 4 is 27.5 Å². The van der Waals surface area contributed by atoms with E-state index in [1.165, 1.54) is 6.07 Å². The van der Waals surface area contributed by atoms with Crippen LogP contribution in [0, 0.1) is 12.7 Å². The normalized spacial score (nSPS) is 12.5. The van der Waals surface area contributed by atoms with Crippen molar-refractivity contribution in [2.75, 3.05) is 0 Å². The second-order valence-corrected chi connectivity index (χ2v) is 5.83. The van der Waals surface area contributed by atoms with Gasteiger partial charge in [-0.25, -0.2) is 4.39 Å². The van der Waals surface area contributed by atoms with E-state index in [9.17, 15) is 4.39 Å². The first-order valence-corrected chi connectivity index (χ1v) is 7.10. The molecule has 19 heavy (non-hydrogen) atoms. The smallest absolute Gasteiger partial charge is 0.137 e. The zero-order chi connectivity index (χ0) is 14.0. The number of rotatable bonds is 3. The molecule has 2 aromatic carbocycles. The van der Waals surface area contributed by atoms with E-state index in [0.29, 0.717) is 10.9 Å². The lowest BCUT2D eigenvalue weighted by atomic mass is 9.98. The van der Waals surface area contributed by atoms with Crippen LogP contribution in [0.15, 0.2) is 40.9 Å². The van der Waals surface area contributed by atoms with Gasteiger partial charge in [-0.3, -0.25) is 0 Å². The van der Waals surface area contributed by atoms with E-state index in [2.05, 4.69) is 15.9 Å². The number of hydrogen-bond acceptors (Lipinski definition) is 1. The molecule has 0 saturated carbocycles. The molecule has 0 aromatic heterocycles. The van der Waals surface area contributed by atoms with Crippen molar-refractivity contribution in [2.45, 2.75) is 19.4 Å². The molecule has 1 unspecified atom stereocenters. The van der Waals surface area contributed by atoms with E-state index in [1.54, 1.807) is 12.1 Å². The number of aryl methyl sites for hydroxylation is 1. The van der Waals surface area contributed by atoms with E-state index in [1.807, 2.05) is 25.1 Å². The van der Waals surface area contributed by atoms with E-state index >= 15 is 0 Å². The summed E-state index contributed by atoms with van der Waals surface area (Å²) in [7, 11) is 0. The van der Waals surface area contributed by atoms with Crippen molar-refractivity contribution in [3.63, 3.8) is 0 Å². The summed E-state index contributed by atoms with van der Waals surface area (Å²) in [6, 6.07) is 10.6. The minimum Gasteiger partial charge on any atom is -0.324 e. The lowest BCUT2D eigenvalue weighted by Crippen LogP contribution is -2.13. The number of hydrogen-bond donors (Lipinski definition) is 1. The molecule has 2 rings (SSSR count). The van der Waals surface area contributed by atoms with Crippen LogP contribution in [0.25, 0.3) is 0 Å². The van der Waals surface area contributed by atoms with Gasteiger partial charge in [0.15, 0.2) is 0 Å². The fraction of sp³-hybridized carbons (Fsp3) is 0.200. The third-order valence-electron chi connectivity index (χ3n) is 3.05. The van der Waals surface area contributed by atoms with Crippen LogP contribution in [-0.2, 0) is 6.42 Å². The highest BCUT2D eigenvalue weighted by molar-refractivity contribution is 9.10. The third kappa shape index (κ3) is 3.56. The molecule has 1 nitrogen and oxygen atoms in total. The van der Waals surface area contributed by atoms with Crippen LogP contribution in [0.2, 0.25) is 5.02 Å². The Kier molecular flexibility index (Phi) is 4.61. The molecule has 1 atom stereocenters. The molecular formula is C15H14BrClFN. The summed E-state index contributed by atoms with van der Waals surface area (Å²) in [6.45, 7) is 1.95. The third-order valence-corrected chi connectivity index (χ3v) is 4.08. The summed E-state index contributed by atoms with van der Waals surface area (Å²) in [6.07, 6.45) is 0.653. The summed E-state index contributed by atoms with van der Waals surface area (Å²) >= 11 is 9.18. The van der Waals surface area contributed by atoms with E-state index in [0.717, 1.165) is 21.7 Å². The average molecular weight is 343 g/mol. The van der Waals surface area contributed by atoms with E-state index < -0.39 is 0 Å². The van der Waals surface area contributed by atoms with Gasteiger partial charge in [-0.15, -0.1) is 0 Å². The molecule has 0 aliphatic rings. The highest BCUT2D eigenvalue weighted by Crippen LogP contribution is 2.24. The Balaban J connectivity index is 2.17. The summed E-state index contributed by atoms with van der Waals surface area (Å²) in [5.74, 6) is -0.264. The SMILES string of the molecule is Cc1cc(C(N)Cc2ccc(F)c(Br)c2)ccc1Cl. The second-order valence-electron chi connectivity index (χ2n) is 4.57. The molecule has 0 radical (unpaired) electrons. The summed E-state index contributed by atoms with van der Waals surface area (Å²) < 4.78 is 13.6. The molecule has 0 bridgehead atoms. The number of benzene rings is 2. The Morgan fingerprint density at radius 1 is 1.26 bits per heavy atom. The van der Waals surface area contributed by atoms with Gasteiger partial charge >= 0.3 is 0 Å². The average Bonchev–Trinajstić information content (AvgIpc) is 2.37. The topological polar surface area (TPSA) is 26.0 Å². The van der Waals surface area contributed by atoms with Gasteiger partial charge in [-0.1, -0.05) is 29.8 Å². The summed E-state index contributed by atoms with van der Waals surface area (Å²) in [5.41, 5.74) is 9.21. The van der Waals surface area contributed by atoms with Gasteiger partial charge in [0.05, 0.1) is 4.47 Å². The molecule has 2 N–H and O–H groups in total. The predicted molar refractivity (Wildman–Crippen MR) is 80.9 cm³/mol. The van der Waals surface area contributed by atoms with Crippen molar-refractivity contribution in [2.24, 2.45) is 5.73 Å². The monoisotopic (exact) mass is 341 g/mol. The number of halogens is 3. The molecule has 4 heteroatoms. The van der Waals surface area contributed by atoms with Gasteiger partial charge in [0.2, 0.25) is 0 Å². The van der Waals surface area contributed by atoms with Crippen LogP contribution in [0.1, 0.15) is 22.7 Å². The first kappa shape index (κ1) is 14.5. The molecule has 0 spiro atoms. The Morgan fingerprint density at radius 3 is 2.63 bits per heavy atom. The van der Waals surface area contributed by atoms with Crippen molar-refractivity contribution in [1.29, 1.82) is 0 Å². The van der Waals surface area contributed by atoms with E-state index in [4.69, 9.17) is 17.3 Å². The first-order valence-electron chi connectivity index (χ1n) is 5.93. The summed E-state index contributed by atoms with van der Waals surface area (Å²) in [5, 5.41) is 0.737. The Labute approximate surface area is 125 Å². The molecule has 0 saturated heterocycles. The molecule has 0 aliphatic heterocycles. The molecule has 2 aromatic rings. The quantitative estimate of drug-likeness (QED) is 0.852. The Bertz CT molecular complexity index is 601. The molecular weight excluding hydrogens is 329 g/mol. The van der Waals surface area contributed by atoms with Crippen LogP contribution in [-0.4, -0.2) is 0 Å². The van der Waals surface area contributed by atoms with Gasteiger partial charge < -0.3 is 5.73 Å². The zero-order valence-corrected chi connectivity index (χ0v) is 12.8. The molecule has 0 aliphatic carbocycles. The fourth-order valence-corrected chi connectivity index (χ4v) is 2.48. The van der Waals surface area contributed by atoms with Gasteiger partial charge in [0, 0.05) is 11.1 Å². The fourth-order valence-electron chi connectivity index (χ4n) is 1.94. The van der Waals surface area contributed by atoms with Gasteiger partial charge in [0.1, 0.15) is 5.82 Å². The van der Waals surface area contributed by atoms with Crippen LogP contribution in [0.3, 0.4) is 0 Å².